The van der Waals surface area contributed by atoms with Gasteiger partial charge in [0.2, 0.25) is 11.8 Å². The van der Waals surface area contributed by atoms with E-state index in [0.717, 1.165) is 49.7 Å². The van der Waals surface area contributed by atoms with Crippen molar-refractivity contribution in [2.75, 3.05) is 48.3 Å². The summed E-state index contributed by atoms with van der Waals surface area (Å²) in [5, 5.41) is 5.61. The first kappa shape index (κ1) is 20.3. The van der Waals surface area contributed by atoms with Crippen LogP contribution in [0.25, 0.3) is 0 Å². The molecule has 1 saturated heterocycles. The molecule has 158 valence electrons. The summed E-state index contributed by atoms with van der Waals surface area (Å²) >= 11 is 0. The lowest BCUT2D eigenvalue weighted by atomic mass is 9.89. The molecular formula is C23H27FN4O2. The molecule has 2 aliphatic rings. The Morgan fingerprint density at radius 2 is 1.93 bits per heavy atom. The zero-order valence-electron chi connectivity index (χ0n) is 17.4. The topological polar surface area (TPSA) is 64.7 Å². The number of carbonyl (C=O) groups excluding carboxylic acids is 2. The molecule has 7 heteroatoms. The fourth-order valence-corrected chi connectivity index (χ4v) is 4.20. The number of fused-ring (bicyclic) bond motifs is 1. The molecule has 6 nitrogen and oxygen atoms in total. The van der Waals surface area contributed by atoms with Crippen LogP contribution in [0.1, 0.15) is 30.4 Å². The molecule has 1 atom stereocenters. The van der Waals surface area contributed by atoms with Crippen molar-refractivity contribution in [2.45, 2.75) is 26.2 Å². The molecule has 4 rings (SSSR count). The zero-order valence-corrected chi connectivity index (χ0v) is 17.4. The number of likely N-dealkylation sites (N-methyl/N-ethyl adjacent to an activating group) is 1. The van der Waals surface area contributed by atoms with E-state index in [0.29, 0.717) is 11.3 Å². The average molecular weight is 410 g/mol. The normalized spacial score (nSPS) is 19.2. The van der Waals surface area contributed by atoms with Crippen LogP contribution in [-0.4, -0.2) is 49.4 Å². The van der Waals surface area contributed by atoms with E-state index in [1.807, 2.05) is 19.1 Å². The quantitative estimate of drug-likeness (QED) is 0.812. The maximum atomic E-state index is 13.5. The maximum absolute atomic E-state index is 13.5. The van der Waals surface area contributed by atoms with Crippen LogP contribution in [0.4, 0.5) is 21.5 Å². The lowest BCUT2D eigenvalue weighted by Crippen LogP contribution is -2.46. The minimum atomic E-state index is -0.643. The average Bonchev–Trinajstić information content (AvgIpc) is 2.74. The molecule has 0 aromatic heterocycles. The van der Waals surface area contributed by atoms with Crippen molar-refractivity contribution >= 4 is 28.9 Å². The van der Waals surface area contributed by atoms with E-state index in [4.69, 9.17) is 0 Å². The number of piperazine rings is 1. The van der Waals surface area contributed by atoms with Crippen molar-refractivity contribution in [3.05, 3.63) is 53.3 Å². The number of carbonyl (C=O) groups is 2. The van der Waals surface area contributed by atoms with Gasteiger partial charge >= 0.3 is 0 Å². The molecule has 1 fully saturated rings. The molecule has 0 saturated carbocycles. The number of hydrogen-bond acceptors (Lipinski definition) is 4. The van der Waals surface area contributed by atoms with Crippen molar-refractivity contribution in [2.24, 2.45) is 0 Å². The van der Waals surface area contributed by atoms with Crippen LogP contribution in [0.2, 0.25) is 0 Å². The fourth-order valence-electron chi connectivity index (χ4n) is 4.20. The van der Waals surface area contributed by atoms with Gasteiger partial charge in [-0.05, 0) is 54.9 Å². The minimum absolute atomic E-state index is 0.0449. The molecule has 0 radical (unpaired) electrons. The van der Waals surface area contributed by atoms with Crippen LogP contribution in [0.15, 0.2) is 36.4 Å². The van der Waals surface area contributed by atoms with Crippen LogP contribution in [0.5, 0.6) is 0 Å². The first-order chi connectivity index (χ1) is 14.4. The zero-order chi connectivity index (χ0) is 21.3. The Kier molecular flexibility index (Phi) is 5.72. The fraction of sp³-hybridized carbons (Fsp3) is 0.391. The van der Waals surface area contributed by atoms with Crippen LogP contribution in [-0.2, 0) is 9.59 Å². The van der Waals surface area contributed by atoms with Crippen molar-refractivity contribution in [1.82, 2.24) is 4.90 Å². The standard InChI is InChI=1S/C23H27FN4O2/c1-3-27-8-10-28(11-9-27)17-5-7-20(15(2)12-17)26-23(30)19-14-22(29)25-21-13-16(24)4-6-18(19)21/h4-7,12-13,19H,3,8-11,14H2,1-2H3,(H,25,29)(H,26,30)/t19-/m0/s1. The van der Waals surface area contributed by atoms with Gasteiger partial charge in [-0.15, -0.1) is 0 Å². The Bertz CT molecular complexity index is 970. The number of anilines is 3. The van der Waals surface area contributed by atoms with Crippen LogP contribution < -0.4 is 15.5 Å². The number of hydrogen-bond donors (Lipinski definition) is 2. The summed E-state index contributed by atoms with van der Waals surface area (Å²) in [5.74, 6) is -1.63. The second-order valence-electron chi connectivity index (χ2n) is 7.95. The minimum Gasteiger partial charge on any atom is -0.369 e. The third kappa shape index (κ3) is 4.16. The Balaban J connectivity index is 1.48. The molecule has 0 unspecified atom stereocenters. The first-order valence-electron chi connectivity index (χ1n) is 10.4. The van der Waals surface area contributed by atoms with E-state index in [2.05, 4.69) is 33.4 Å². The molecule has 2 aromatic carbocycles. The molecule has 0 spiro atoms. The van der Waals surface area contributed by atoms with Gasteiger partial charge in [0.15, 0.2) is 0 Å². The Morgan fingerprint density at radius 3 is 2.63 bits per heavy atom. The summed E-state index contributed by atoms with van der Waals surface area (Å²) in [6.45, 7) is 9.32. The summed E-state index contributed by atoms with van der Waals surface area (Å²) in [5.41, 5.74) is 3.85. The molecule has 2 amide bonds. The number of benzene rings is 2. The highest BCUT2D eigenvalue weighted by atomic mass is 19.1. The smallest absolute Gasteiger partial charge is 0.232 e. The summed E-state index contributed by atoms with van der Waals surface area (Å²) in [6.07, 6.45) is 0.0449. The predicted molar refractivity (Wildman–Crippen MR) is 117 cm³/mol. The highest BCUT2D eigenvalue weighted by Gasteiger charge is 2.31. The van der Waals surface area contributed by atoms with Gasteiger partial charge in [0, 0.05) is 49.7 Å². The lowest BCUT2D eigenvalue weighted by Gasteiger charge is -2.35. The van der Waals surface area contributed by atoms with E-state index >= 15 is 0 Å². The molecule has 2 N–H and O–H groups in total. The van der Waals surface area contributed by atoms with Crippen molar-refractivity contribution in [3.8, 4) is 0 Å². The Morgan fingerprint density at radius 1 is 1.17 bits per heavy atom. The molecule has 2 aliphatic heterocycles. The lowest BCUT2D eigenvalue weighted by molar-refractivity contribution is -0.123. The van der Waals surface area contributed by atoms with Gasteiger partial charge in [-0.2, -0.15) is 0 Å². The van der Waals surface area contributed by atoms with E-state index in [1.54, 1.807) is 6.07 Å². The van der Waals surface area contributed by atoms with Crippen LogP contribution in [0, 0.1) is 12.7 Å². The van der Waals surface area contributed by atoms with E-state index in [-0.39, 0.29) is 18.2 Å². The summed E-state index contributed by atoms with van der Waals surface area (Å²) < 4.78 is 13.5. The van der Waals surface area contributed by atoms with Gasteiger partial charge in [0.05, 0.1) is 5.92 Å². The van der Waals surface area contributed by atoms with Crippen molar-refractivity contribution in [1.29, 1.82) is 0 Å². The van der Waals surface area contributed by atoms with E-state index in [1.165, 1.54) is 12.1 Å². The van der Waals surface area contributed by atoms with Gasteiger partial charge in [0.25, 0.3) is 0 Å². The third-order valence-electron chi connectivity index (χ3n) is 6.02. The molecule has 0 aliphatic carbocycles. The number of nitrogens with one attached hydrogen (secondary N) is 2. The number of rotatable bonds is 4. The third-order valence-corrected chi connectivity index (χ3v) is 6.02. The molecule has 2 aromatic rings. The van der Waals surface area contributed by atoms with Gasteiger partial charge in [-0.3, -0.25) is 9.59 Å². The Labute approximate surface area is 176 Å². The predicted octanol–water partition coefficient (Wildman–Crippen LogP) is 3.34. The summed E-state index contributed by atoms with van der Waals surface area (Å²) in [4.78, 5) is 29.8. The SMILES string of the molecule is CCN1CCN(c2ccc(NC(=O)[C@H]3CC(=O)Nc4cc(F)ccc43)c(C)c2)CC1. The number of amides is 2. The van der Waals surface area contributed by atoms with Crippen molar-refractivity contribution < 1.29 is 14.0 Å². The molecule has 0 bridgehead atoms. The van der Waals surface area contributed by atoms with Crippen LogP contribution in [0.3, 0.4) is 0 Å². The van der Waals surface area contributed by atoms with Crippen LogP contribution >= 0.6 is 0 Å². The Hall–Kier alpha value is -2.93. The maximum Gasteiger partial charge on any atom is 0.232 e. The van der Waals surface area contributed by atoms with Crippen molar-refractivity contribution in [3.63, 3.8) is 0 Å². The second kappa shape index (κ2) is 8.44. The number of nitrogens with zero attached hydrogens (tertiary/aromatic N) is 2. The monoisotopic (exact) mass is 410 g/mol. The number of halogens is 1. The van der Waals surface area contributed by atoms with Gasteiger partial charge < -0.3 is 20.4 Å². The number of aryl methyl sites for hydroxylation is 1. The largest absolute Gasteiger partial charge is 0.369 e. The first-order valence-corrected chi connectivity index (χ1v) is 10.4. The van der Waals surface area contributed by atoms with Gasteiger partial charge in [-0.25, -0.2) is 4.39 Å². The summed E-state index contributed by atoms with van der Waals surface area (Å²) in [6, 6.07) is 10.2. The molecular weight excluding hydrogens is 383 g/mol. The molecule has 2 heterocycles. The molecule has 30 heavy (non-hydrogen) atoms. The van der Waals surface area contributed by atoms with Gasteiger partial charge in [-0.1, -0.05) is 13.0 Å². The summed E-state index contributed by atoms with van der Waals surface area (Å²) in [7, 11) is 0. The van der Waals surface area contributed by atoms with E-state index < -0.39 is 11.7 Å². The highest BCUT2D eigenvalue weighted by Crippen LogP contribution is 2.34. The highest BCUT2D eigenvalue weighted by molar-refractivity contribution is 6.05. The van der Waals surface area contributed by atoms with Gasteiger partial charge in [0.1, 0.15) is 5.82 Å². The second-order valence-corrected chi connectivity index (χ2v) is 7.95. The van der Waals surface area contributed by atoms with E-state index in [9.17, 15) is 14.0 Å².